The van der Waals surface area contributed by atoms with E-state index in [-0.39, 0.29) is 107 Å². The van der Waals surface area contributed by atoms with Gasteiger partial charge in [0.05, 0.1) is 158 Å². The van der Waals surface area contributed by atoms with Crippen LogP contribution in [-0.2, 0) is 97.3 Å². The number of benzene rings is 2. The molecule has 31 nitrogen and oxygen atoms in total. The Balaban J connectivity index is 0.973. The summed E-state index contributed by atoms with van der Waals surface area (Å²) in [5, 5.41) is 20.3. The maximum atomic E-state index is 14.0. The molecular weight excluding hydrogens is 1210 g/mol. The minimum atomic E-state index is -0.906. The zero-order valence-electron chi connectivity index (χ0n) is 54.3. The largest absolute Gasteiger partial charge is 0.481 e. The first-order valence-corrected chi connectivity index (χ1v) is 31.0. The zero-order valence-corrected chi connectivity index (χ0v) is 54.3. The van der Waals surface area contributed by atoms with Gasteiger partial charge < -0.3 is 87.7 Å². The molecule has 4 heterocycles. The number of rotatable bonds is 45. The van der Waals surface area contributed by atoms with Crippen molar-refractivity contribution in [2.24, 2.45) is 35.5 Å². The number of ether oxygens (including phenoxy) is 9. The molecule has 0 spiro atoms. The first-order valence-electron chi connectivity index (χ1n) is 31.0. The van der Waals surface area contributed by atoms with Gasteiger partial charge in [-0.15, -0.1) is 0 Å². The number of carboxylic acids is 1. The number of carbonyl (C=O) groups is 7. The fourth-order valence-corrected chi connectivity index (χ4v) is 9.79. The molecule has 0 bridgehead atoms. The molecule has 0 unspecified atom stereocenters. The van der Waals surface area contributed by atoms with E-state index in [0.717, 1.165) is 0 Å². The molecule has 2 aromatic carbocycles. The third kappa shape index (κ3) is 23.1. The number of hydrogen-bond donors (Lipinski definition) is 4. The van der Waals surface area contributed by atoms with Gasteiger partial charge in [-0.25, -0.2) is 0 Å². The standard InChI is InChI=1S/C62H90N14O17/c1-8-75-52(38-43(3)68-75)59(83)66-61-71(6)50-40-45(57(63)81)10-12-48(50)73(61)19-14-47(15-20-74-49-13-11-46(58(64)82)41-51(49)72(7)62(74)67-60(84)53-39-44(4)69-76(53)9-2)93-42-54(77)65-18-24-87-28-32-91-36-34-89-30-26-85-22-16-55(78)70(5)21-25-88-29-33-92-37-35-90-31-27-86-23-17-56(79)80/h10-13,38-41,47H,8-9,14-37,42H2,1-7H3,(H2,63,81)(H2,64,82)(H,65,77)(H,79,80). The molecule has 0 radical (unpaired) electrons. The predicted octanol–water partition coefficient (Wildman–Crippen LogP) is 1.44. The number of nitrogens with zero attached hydrogens (tertiary/aromatic N) is 11. The highest BCUT2D eigenvalue weighted by molar-refractivity contribution is 5.98. The molecule has 31 heteroatoms. The second kappa shape index (κ2) is 38.7. The summed E-state index contributed by atoms with van der Waals surface area (Å²) >= 11 is 0. The molecule has 6 N–H and O–H groups in total. The molecule has 6 aromatic rings. The van der Waals surface area contributed by atoms with E-state index in [0.29, 0.717) is 144 Å². The van der Waals surface area contributed by atoms with E-state index in [1.807, 2.05) is 23.0 Å². The van der Waals surface area contributed by atoms with Gasteiger partial charge in [0, 0.05) is 71.5 Å². The fourth-order valence-electron chi connectivity index (χ4n) is 9.79. The number of carbonyl (C=O) groups excluding carboxylic acids is 6. The molecule has 93 heavy (non-hydrogen) atoms. The number of aromatic nitrogens is 8. The topological polar surface area (TPSA) is 370 Å². The Hall–Kier alpha value is -8.27. The Morgan fingerprint density at radius 2 is 0.957 bits per heavy atom. The lowest BCUT2D eigenvalue weighted by molar-refractivity contribution is -0.138. The van der Waals surface area contributed by atoms with Crippen molar-refractivity contribution in [3.63, 3.8) is 0 Å². The van der Waals surface area contributed by atoms with E-state index >= 15 is 0 Å². The lowest BCUT2D eigenvalue weighted by Gasteiger charge is -2.19. The normalized spacial score (nSPS) is 12.4. The Morgan fingerprint density at radius 1 is 0.559 bits per heavy atom. The summed E-state index contributed by atoms with van der Waals surface area (Å²) in [6.07, 6.45) is 0.0662. The molecule has 0 saturated carbocycles. The summed E-state index contributed by atoms with van der Waals surface area (Å²) in [4.78, 5) is 99.9. The number of hydrogen-bond acceptors (Lipinski definition) is 18. The Labute approximate surface area is 538 Å². The Morgan fingerprint density at radius 3 is 1.37 bits per heavy atom. The second-order valence-corrected chi connectivity index (χ2v) is 21.4. The summed E-state index contributed by atoms with van der Waals surface area (Å²) in [6.45, 7) is 13.9. The van der Waals surface area contributed by atoms with Crippen LogP contribution in [0.2, 0.25) is 0 Å². The third-order valence-electron chi connectivity index (χ3n) is 14.7. The van der Waals surface area contributed by atoms with Gasteiger partial charge >= 0.3 is 5.97 Å². The lowest BCUT2D eigenvalue weighted by Crippen LogP contribution is -2.34. The average Bonchev–Trinajstić information content (AvgIpc) is 1.65. The van der Waals surface area contributed by atoms with Crippen molar-refractivity contribution in [3.05, 3.63) is 93.7 Å². The van der Waals surface area contributed by atoms with Gasteiger partial charge in [-0.2, -0.15) is 20.2 Å². The van der Waals surface area contributed by atoms with Crippen LogP contribution in [0, 0.1) is 13.8 Å². The lowest BCUT2D eigenvalue weighted by atomic mass is 10.1. The minimum absolute atomic E-state index is 0.0416. The highest BCUT2D eigenvalue weighted by atomic mass is 16.6. The third-order valence-corrected chi connectivity index (χ3v) is 14.7. The van der Waals surface area contributed by atoms with Gasteiger partial charge in [-0.1, -0.05) is 0 Å². The van der Waals surface area contributed by atoms with Crippen LogP contribution in [0.15, 0.2) is 58.5 Å². The van der Waals surface area contributed by atoms with Crippen molar-refractivity contribution in [1.29, 1.82) is 0 Å². The van der Waals surface area contributed by atoms with Crippen molar-refractivity contribution in [2.75, 3.05) is 132 Å². The molecule has 0 saturated heterocycles. The number of aliphatic carboxylic acids is 1. The number of fused-ring (bicyclic) bond motifs is 2. The number of nitrogens with two attached hydrogens (primary N) is 2. The van der Waals surface area contributed by atoms with E-state index in [1.165, 1.54) is 0 Å². The van der Waals surface area contributed by atoms with Crippen LogP contribution < -0.4 is 28.0 Å². The molecule has 0 aliphatic carbocycles. The van der Waals surface area contributed by atoms with Crippen LogP contribution in [0.4, 0.5) is 0 Å². The molecule has 0 fully saturated rings. The summed E-state index contributed by atoms with van der Waals surface area (Å²) < 4.78 is 60.7. The van der Waals surface area contributed by atoms with Crippen LogP contribution in [0.5, 0.6) is 0 Å². The molecule has 0 atom stereocenters. The number of imidazole rings is 2. The van der Waals surface area contributed by atoms with E-state index in [4.69, 9.17) is 59.2 Å². The number of nitrogens with one attached hydrogen (secondary N) is 1. The van der Waals surface area contributed by atoms with E-state index in [2.05, 4.69) is 25.5 Å². The average molecular weight is 1300 g/mol. The molecular formula is C62H90N14O17. The Bertz CT molecular complexity index is 3420. The maximum absolute atomic E-state index is 14.0. The van der Waals surface area contributed by atoms with Gasteiger partial charge in [0.2, 0.25) is 34.9 Å². The van der Waals surface area contributed by atoms with E-state index in [9.17, 15) is 33.6 Å². The minimum Gasteiger partial charge on any atom is -0.481 e. The second-order valence-electron chi connectivity index (χ2n) is 21.4. The van der Waals surface area contributed by atoms with E-state index < -0.39 is 41.6 Å². The number of aryl methyl sites for hydroxylation is 8. The van der Waals surface area contributed by atoms with Crippen LogP contribution >= 0.6 is 0 Å². The van der Waals surface area contributed by atoms with Crippen LogP contribution in [-0.4, -0.2) is 228 Å². The number of primary amides is 2. The summed E-state index contributed by atoms with van der Waals surface area (Å²) in [7, 11) is 5.18. The van der Waals surface area contributed by atoms with Crippen molar-refractivity contribution >= 4 is 63.5 Å². The van der Waals surface area contributed by atoms with Gasteiger partial charge in [-0.3, -0.25) is 42.9 Å². The number of likely N-dealkylation sites (N-methyl/N-ethyl adjacent to an activating group) is 1. The molecule has 6 amide bonds. The van der Waals surface area contributed by atoms with Gasteiger partial charge in [0.25, 0.3) is 11.8 Å². The predicted molar refractivity (Wildman–Crippen MR) is 337 cm³/mol. The van der Waals surface area contributed by atoms with Crippen molar-refractivity contribution < 1.29 is 81.3 Å². The number of carboxylic acid groups (broad SMARTS) is 1. The molecule has 4 aromatic heterocycles. The van der Waals surface area contributed by atoms with Crippen LogP contribution in [0.25, 0.3) is 22.1 Å². The summed E-state index contributed by atoms with van der Waals surface area (Å²) in [6, 6.07) is 13.3. The molecule has 0 aliphatic heterocycles. The smallest absolute Gasteiger partial charge is 0.305 e. The first-order chi connectivity index (χ1) is 44.8. The maximum Gasteiger partial charge on any atom is 0.305 e. The highest BCUT2D eigenvalue weighted by Gasteiger charge is 2.22. The molecule has 510 valence electrons. The quantitative estimate of drug-likeness (QED) is 0.0393. The van der Waals surface area contributed by atoms with Gasteiger partial charge in [0.15, 0.2) is 0 Å². The van der Waals surface area contributed by atoms with Crippen molar-refractivity contribution in [3.8, 4) is 0 Å². The SMILES string of the molecule is CCn1nc(C)cc1C(=O)N=c1n(C)c2cc(C(N)=O)ccc2n1CCC(CCn1c(=NC(=O)c2cc(C)nn2CC)n(C)c2cc(C(N)=O)ccc21)OCC(=O)NCCOCCOCCOCCOCCC(=O)N(C)CCOCCOCCOCCOCCC(=O)O. The zero-order chi connectivity index (χ0) is 67.2. The van der Waals surface area contributed by atoms with Crippen LogP contribution in [0.1, 0.15) is 92.6 Å². The molecule has 6 rings (SSSR count). The highest BCUT2D eigenvalue weighted by Crippen LogP contribution is 2.20. The van der Waals surface area contributed by atoms with Gasteiger partial charge in [0.1, 0.15) is 18.0 Å². The monoisotopic (exact) mass is 1300 g/mol. The van der Waals surface area contributed by atoms with Crippen molar-refractivity contribution in [1.82, 2.24) is 48.0 Å². The summed E-state index contributed by atoms with van der Waals surface area (Å²) in [5.41, 5.74) is 16.8. The fraction of sp³-hybridized carbons (Fsp3) is 0.565. The Kier molecular flexibility index (Phi) is 30.7. The molecule has 0 aliphatic rings. The van der Waals surface area contributed by atoms with E-state index in [1.54, 1.807) is 107 Å². The van der Waals surface area contributed by atoms with Crippen molar-refractivity contribution in [2.45, 2.75) is 85.7 Å². The first kappa shape index (κ1) is 73.8. The van der Waals surface area contributed by atoms with Gasteiger partial charge in [-0.05, 0) is 89.1 Å². The number of amides is 6. The van der Waals surface area contributed by atoms with Crippen LogP contribution in [0.3, 0.4) is 0 Å². The summed E-state index contributed by atoms with van der Waals surface area (Å²) in [5.74, 6) is -3.70.